The topological polar surface area (TPSA) is 54.5 Å². The summed E-state index contributed by atoms with van der Waals surface area (Å²) in [5.74, 6) is 0.249. The molecule has 0 aliphatic heterocycles. The van der Waals surface area contributed by atoms with Gasteiger partial charge in [0.1, 0.15) is 11.4 Å². The first-order chi connectivity index (χ1) is 13.1. The van der Waals surface area contributed by atoms with Gasteiger partial charge in [-0.2, -0.15) is 0 Å². The fourth-order valence-electron chi connectivity index (χ4n) is 2.77. The Balaban J connectivity index is 1.82. The van der Waals surface area contributed by atoms with E-state index in [1.165, 1.54) is 0 Å². The fraction of sp³-hybridized carbons (Fsp3) is 0.143. The minimum Gasteiger partial charge on any atom is -0.495 e. The number of rotatable bonds is 6. The Morgan fingerprint density at radius 1 is 1.11 bits per heavy atom. The maximum atomic E-state index is 12.6. The largest absolute Gasteiger partial charge is 0.495 e. The average molecular weight is 382 g/mol. The molecule has 1 aromatic heterocycles. The highest BCUT2D eigenvalue weighted by Crippen LogP contribution is 2.28. The van der Waals surface area contributed by atoms with Gasteiger partial charge in [0.25, 0.3) is 5.91 Å². The number of carbonyl (C=O) groups excluding carboxylic acids is 1. The monoisotopic (exact) mass is 381 g/mol. The molecule has 0 bridgehead atoms. The van der Waals surface area contributed by atoms with Gasteiger partial charge in [-0.15, -0.1) is 0 Å². The van der Waals surface area contributed by atoms with Crippen molar-refractivity contribution in [2.75, 3.05) is 23.9 Å². The van der Waals surface area contributed by atoms with Gasteiger partial charge in [-0.1, -0.05) is 29.8 Å². The van der Waals surface area contributed by atoms with Gasteiger partial charge in [0.05, 0.1) is 12.1 Å². The number of hydrogen-bond donors (Lipinski definition) is 1. The quantitative estimate of drug-likeness (QED) is 0.641. The smallest absolute Gasteiger partial charge is 0.274 e. The lowest BCUT2D eigenvalue weighted by atomic mass is 10.2. The van der Waals surface area contributed by atoms with E-state index in [0.717, 1.165) is 17.9 Å². The van der Waals surface area contributed by atoms with Gasteiger partial charge in [-0.05, 0) is 49.4 Å². The number of halogens is 1. The van der Waals surface area contributed by atoms with E-state index in [-0.39, 0.29) is 5.91 Å². The highest BCUT2D eigenvalue weighted by Gasteiger charge is 2.13. The van der Waals surface area contributed by atoms with E-state index < -0.39 is 0 Å². The molecule has 0 atom stereocenters. The Kier molecular flexibility index (Phi) is 5.94. The van der Waals surface area contributed by atoms with Crippen LogP contribution in [0.3, 0.4) is 0 Å². The van der Waals surface area contributed by atoms with Crippen molar-refractivity contribution >= 4 is 34.6 Å². The molecule has 5 nitrogen and oxygen atoms in total. The van der Waals surface area contributed by atoms with Crippen LogP contribution in [0, 0.1) is 0 Å². The summed E-state index contributed by atoms with van der Waals surface area (Å²) >= 11 is 6.11. The highest BCUT2D eigenvalue weighted by molar-refractivity contribution is 6.32. The second-order valence-corrected chi connectivity index (χ2v) is 6.19. The van der Waals surface area contributed by atoms with Crippen molar-refractivity contribution in [3.63, 3.8) is 0 Å². The third-order valence-electron chi connectivity index (χ3n) is 4.08. The van der Waals surface area contributed by atoms with Crippen LogP contribution in [-0.4, -0.2) is 24.5 Å². The van der Waals surface area contributed by atoms with Crippen molar-refractivity contribution in [3.8, 4) is 5.75 Å². The minimum absolute atomic E-state index is 0.304. The van der Waals surface area contributed by atoms with Crippen molar-refractivity contribution < 1.29 is 9.53 Å². The van der Waals surface area contributed by atoms with Crippen molar-refractivity contribution in [3.05, 3.63) is 77.6 Å². The highest BCUT2D eigenvalue weighted by atomic mass is 35.5. The molecule has 27 heavy (non-hydrogen) atoms. The number of aromatic nitrogens is 1. The molecule has 6 heteroatoms. The molecule has 1 N–H and O–H groups in total. The van der Waals surface area contributed by atoms with Crippen LogP contribution in [0.25, 0.3) is 0 Å². The van der Waals surface area contributed by atoms with Crippen LogP contribution in [0.5, 0.6) is 5.75 Å². The number of para-hydroxylation sites is 1. The van der Waals surface area contributed by atoms with Crippen molar-refractivity contribution in [1.29, 1.82) is 0 Å². The molecular formula is C21H20ClN3O2. The predicted molar refractivity (Wildman–Crippen MR) is 109 cm³/mol. The fourth-order valence-corrected chi connectivity index (χ4v) is 3.03. The molecule has 2 aromatic carbocycles. The van der Waals surface area contributed by atoms with Crippen molar-refractivity contribution in [2.24, 2.45) is 0 Å². The molecule has 138 valence electrons. The zero-order valence-corrected chi connectivity index (χ0v) is 15.9. The van der Waals surface area contributed by atoms with Crippen molar-refractivity contribution in [2.45, 2.75) is 6.92 Å². The zero-order valence-electron chi connectivity index (χ0n) is 15.1. The van der Waals surface area contributed by atoms with E-state index >= 15 is 0 Å². The Bertz CT molecular complexity index is 932. The molecule has 1 heterocycles. The van der Waals surface area contributed by atoms with Crippen LogP contribution in [0.2, 0.25) is 5.02 Å². The summed E-state index contributed by atoms with van der Waals surface area (Å²) in [6, 6.07) is 18.7. The summed E-state index contributed by atoms with van der Waals surface area (Å²) in [7, 11) is 1.54. The first-order valence-corrected chi connectivity index (χ1v) is 8.93. The summed E-state index contributed by atoms with van der Waals surface area (Å²) in [6.07, 6.45) is 1.64. The number of carbonyl (C=O) groups is 1. The Morgan fingerprint density at radius 2 is 1.89 bits per heavy atom. The van der Waals surface area contributed by atoms with E-state index in [1.807, 2.05) is 36.4 Å². The molecule has 1 amide bonds. The molecule has 0 saturated heterocycles. The predicted octanol–water partition coefficient (Wildman–Crippen LogP) is 5.15. The second kappa shape index (κ2) is 8.56. The zero-order chi connectivity index (χ0) is 19.2. The van der Waals surface area contributed by atoms with Crippen LogP contribution in [0.4, 0.5) is 17.1 Å². The molecule has 0 radical (unpaired) electrons. The summed E-state index contributed by atoms with van der Waals surface area (Å²) in [5, 5.41) is 3.24. The lowest BCUT2D eigenvalue weighted by molar-refractivity contribution is 0.102. The summed E-state index contributed by atoms with van der Waals surface area (Å²) in [4.78, 5) is 18.9. The Labute approximate surface area is 163 Å². The maximum absolute atomic E-state index is 12.6. The number of methoxy groups -OCH3 is 1. The molecular weight excluding hydrogens is 362 g/mol. The lowest BCUT2D eigenvalue weighted by Gasteiger charge is -2.23. The van der Waals surface area contributed by atoms with E-state index in [1.54, 1.807) is 37.6 Å². The summed E-state index contributed by atoms with van der Waals surface area (Å²) in [6.45, 7) is 2.83. The van der Waals surface area contributed by atoms with Crippen LogP contribution in [0.1, 0.15) is 17.4 Å². The van der Waals surface area contributed by atoms with E-state index in [2.05, 4.69) is 22.1 Å². The van der Waals surface area contributed by atoms with Crippen LogP contribution in [0.15, 0.2) is 66.9 Å². The lowest BCUT2D eigenvalue weighted by Crippen LogP contribution is -2.18. The number of pyridine rings is 1. The van der Waals surface area contributed by atoms with Crippen molar-refractivity contribution in [1.82, 2.24) is 4.98 Å². The average Bonchev–Trinajstić information content (AvgIpc) is 2.70. The number of nitrogens with one attached hydrogen (secondary N) is 1. The molecule has 0 saturated carbocycles. The van der Waals surface area contributed by atoms with Gasteiger partial charge in [0, 0.05) is 29.8 Å². The third kappa shape index (κ3) is 4.38. The van der Waals surface area contributed by atoms with E-state index in [0.29, 0.717) is 22.2 Å². The third-order valence-corrected chi connectivity index (χ3v) is 4.38. The molecule has 0 fully saturated rings. The first-order valence-electron chi connectivity index (χ1n) is 8.56. The number of benzene rings is 2. The Morgan fingerprint density at radius 3 is 2.56 bits per heavy atom. The molecule has 0 spiro atoms. The molecule has 0 aliphatic carbocycles. The second-order valence-electron chi connectivity index (χ2n) is 5.78. The van der Waals surface area contributed by atoms with Gasteiger partial charge in [-0.3, -0.25) is 9.78 Å². The van der Waals surface area contributed by atoms with Gasteiger partial charge < -0.3 is 15.0 Å². The van der Waals surface area contributed by atoms with Crippen LogP contribution >= 0.6 is 11.6 Å². The normalized spacial score (nSPS) is 10.3. The molecule has 0 unspecified atom stereocenters. The summed E-state index contributed by atoms with van der Waals surface area (Å²) < 4.78 is 5.12. The van der Waals surface area contributed by atoms with E-state index in [9.17, 15) is 4.79 Å². The standard InChI is InChI=1S/C21H20ClN3O2/c1-3-25(16-7-5-4-6-8-16)17-11-12-23-19(14-17)21(26)24-15-9-10-20(27-2)18(22)13-15/h4-14H,3H2,1-2H3,(H,24,26). The number of anilines is 3. The van der Waals surface area contributed by atoms with Crippen LogP contribution < -0.4 is 15.0 Å². The van der Waals surface area contributed by atoms with Gasteiger partial charge >= 0.3 is 0 Å². The number of nitrogens with zero attached hydrogens (tertiary/aromatic N) is 2. The minimum atomic E-state index is -0.304. The summed E-state index contributed by atoms with van der Waals surface area (Å²) in [5.41, 5.74) is 2.86. The van der Waals surface area contributed by atoms with E-state index in [4.69, 9.17) is 16.3 Å². The number of hydrogen-bond acceptors (Lipinski definition) is 4. The first kappa shape index (κ1) is 18.7. The number of amides is 1. The molecule has 3 rings (SSSR count). The van der Waals surface area contributed by atoms with Gasteiger partial charge in [0.2, 0.25) is 0 Å². The maximum Gasteiger partial charge on any atom is 0.274 e. The molecule has 3 aromatic rings. The molecule has 0 aliphatic rings. The SMILES string of the molecule is CCN(c1ccccc1)c1ccnc(C(=O)Nc2ccc(OC)c(Cl)c2)c1. The Hall–Kier alpha value is -3.05. The number of ether oxygens (including phenoxy) is 1. The van der Waals surface area contributed by atoms with Crippen LogP contribution in [-0.2, 0) is 0 Å². The van der Waals surface area contributed by atoms with Gasteiger partial charge in [0.15, 0.2) is 0 Å². The van der Waals surface area contributed by atoms with Gasteiger partial charge in [-0.25, -0.2) is 0 Å².